The van der Waals surface area contributed by atoms with E-state index in [0.29, 0.717) is 17.4 Å². The van der Waals surface area contributed by atoms with Gasteiger partial charge < -0.3 is 9.84 Å². The van der Waals surface area contributed by atoms with E-state index >= 15 is 0 Å². The van der Waals surface area contributed by atoms with E-state index < -0.39 is 0 Å². The molecule has 1 unspecified atom stereocenters. The Morgan fingerprint density at radius 2 is 1.94 bits per heavy atom. The Labute approximate surface area is 102 Å². The van der Waals surface area contributed by atoms with Crippen molar-refractivity contribution < 1.29 is 9.84 Å². The average molecular weight is 243 g/mol. The van der Waals surface area contributed by atoms with Gasteiger partial charge in [0.2, 0.25) is 0 Å². The lowest BCUT2D eigenvalue weighted by atomic mass is 9.93. The molecule has 0 radical (unpaired) electrons. The zero-order chi connectivity index (χ0) is 12.3. The van der Waals surface area contributed by atoms with Crippen molar-refractivity contribution >= 4 is 11.6 Å². The lowest BCUT2D eigenvalue weighted by Gasteiger charge is -2.18. The molecular formula is C13H19ClO2. The fourth-order valence-electron chi connectivity index (χ4n) is 1.96. The second-order valence-corrected chi connectivity index (χ2v) is 4.83. The lowest BCUT2D eigenvalue weighted by Crippen LogP contribution is -2.09. The van der Waals surface area contributed by atoms with Crippen LogP contribution >= 0.6 is 11.6 Å². The Morgan fingerprint density at radius 1 is 1.31 bits per heavy atom. The molecule has 0 aliphatic carbocycles. The van der Waals surface area contributed by atoms with Gasteiger partial charge in [0.25, 0.3) is 0 Å². The van der Waals surface area contributed by atoms with Gasteiger partial charge in [-0.25, -0.2) is 0 Å². The van der Waals surface area contributed by atoms with Gasteiger partial charge in [0.15, 0.2) is 0 Å². The standard InChI is InChI=1S/C13H19ClO2/c1-8(2)13-10(5-9(3)15)6-11(14)7-12(13)16-4/h6-9,15H,5H2,1-4H3. The highest BCUT2D eigenvalue weighted by molar-refractivity contribution is 6.30. The van der Waals surface area contributed by atoms with E-state index in [1.165, 1.54) is 0 Å². The van der Waals surface area contributed by atoms with Crippen LogP contribution in [0.15, 0.2) is 12.1 Å². The monoisotopic (exact) mass is 242 g/mol. The summed E-state index contributed by atoms with van der Waals surface area (Å²) in [7, 11) is 1.64. The summed E-state index contributed by atoms with van der Waals surface area (Å²) >= 11 is 6.03. The van der Waals surface area contributed by atoms with Crippen molar-refractivity contribution in [2.45, 2.75) is 39.2 Å². The minimum Gasteiger partial charge on any atom is -0.496 e. The van der Waals surface area contributed by atoms with Gasteiger partial charge in [0, 0.05) is 10.6 Å². The fraction of sp³-hybridized carbons (Fsp3) is 0.538. The van der Waals surface area contributed by atoms with E-state index in [1.54, 1.807) is 14.0 Å². The first-order chi connectivity index (χ1) is 7.45. The van der Waals surface area contributed by atoms with Crippen LogP contribution in [-0.2, 0) is 6.42 Å². The smallest absolute Gasteiger partial charge is 0.124 e. The second-order valence-electron chi connectivity index (χ2n) is 4.39. The number of methoxy groups -OCH3 is 1. The molecule has 16 heavy (non-hydrogen) atoms. The quantitative estimate of drug-likeness (QED) is 0.877. The van der Waals surface area contributed by atoms with Crippen molar-refractivity contribution in [3.63, 3.8) is 0 Å². The summed E-state index contributed by atoms with van der Waals surface area (Å²) in [5.74, 6) is 1.15. The van der Waals surface area contributed by atoms with Gasteiger partial charge in [-0.1, -0.05) is 25.4 Å². The Kier molecular flexibility index (Phi) is 4.63. The molecule has 0 saturated carbocycles. The Hall–Kier alpha value is -0.730. The van der Waals surface area contributed by atoms with E-state index in [4.69, 9.17) is 16.3 Å². The molecule has 0 amide bonds. The van der Waals surface area contributed by atoms with Crippen LogP contribution in [0.3, 0.4) is 0 Å². The van der Waals surface area contributed by atoms with Crippen LogP contribution < -0.4 is 4.74 Å². The van der Waals surface area contributed by atoms with Crippen LogP contribution in [0, 0.1) is 0 Å². The van der Waals surface area contributed by atoms with Crippen LogP contribution in [-0.4, -0.2) is 18.3 Å². The number of hydrogen-bond donors (Lipinski definition) is 1. The number of hydrogen-bond acceptors (Lipinski definition) is 2. The lowest BCUT2D eigenvalue weighted by molar-refractivity contribution is 0.195. The summed E-state index contributed by atoms with van der Waals surface area (Å²) < 4.78 is 5.34. The van der Waals surface area contributed by atoms with Gasteiger partial charge in [0.1, 0.15) is 5.75 Å². The van der Waals surface area contributed by atoms with Gasteiger partial charge in [-0.3, -0.25) is 0 Å². The third kappa shape index (κ3) is 3.13. The maximum Gasteiger partial charge on any atom is 0.124 e. The highest BCUT2D eigenvalue weighted by Gasteiger charge is 2.15. The first kappa shape index (κ1) is 13.3. The third-order valence-electron chi connectivity index (χ3n) is 2.51. The molecule has 1 N–H and O–H groups in total. The van der Waals surface area contributed by atoms with Gasteiger partial charge in [0.05, 0.1) is 13.2 Å². The number of aliphatic hydroxyl groups is 1. The molecule has 1 aromatic rings. The van der Waals surface area contributed by atoms with Gasteiger partial charge in [-0.15, -0.1) is 0 Å². The predicted octanol–water partition coefficient (Wildman–Crippen LogP) is 3.40. The number of aliphatic hydroxyl groups excluding tert-OH is 1. The minimum atomic E-state index is -0.374. The fourth-order valence-corrected chi connectivity index (χ4v) is 2.19. The summed E-state index contributed by atoms with van der Waals surface area (Å²) in [6, 6.07) is 3.73. The average Bonchev–Trinajstić information content (AvgIpc) is 2.14. The Morgan fingerprint density at radius 3 is 2.38 bits per heavy atom. The maximum absolute atomic E-state index is 9.48. The normalized spacial score (nSPS) is 12.9. The summed E-state index contributed by atoms with van der Waals surface area (Å²) in [5.41, 5.74) is 2.20. The van der Waals surface area contributed by atoms with Crippen LogP contribution in [0.4, 0.5) is 0 Å². The van der Waals surface area contributed by atoms with E-state index in [-0.39, 0.29) is 6.10 Å². The molecule has 0 fully saturated rings. The summed E-state index contributed by atoms with van der Waals surface area (Å²) in [6.07, 6.45) is 0.227. The molecule has 0 aliphatic heterocycles. The molecule has 0 bridgehead atoms. The van der Waals surface area contributed by atoms with Crippen LogP contribution in [0.2, 0.25) is 5.02 Å². The van der Waals surface area contributed by atoms with E-state index in [2.05, 4.69) is 13.8 Å². The molecule has 0 spiro atoms. The highest BCUT2D eigenvalue weighted by Crippen LogP contribution is 2.33. The zero-order valence-electron chi connectivity index (χ0n) is 10.2. The molecule has 0 aliphatic rings. The maximum atomic E-state index is 9.48. The number of ether oxygens (including phenoxy) is 1. The van der Waals surface area contributed by atoms with E-state index in [0.717, 1.165) is 16.9 Å². The highest BCUT2D eigenvalue weighted by atomic mass is 35.5. The molecule has 1 atom stereocenters. The van der Waals surface area contributed by atoms with Crippen molar-refractivity contribution in [2.75, 3.05) is 7.11 Å². The molecule has 0 heterocycles. The van der Waals surface area contributed by atoms with Crippen molar-refractivity contribution in [1.29, 1.82) is 0 Å². The number of rotatable bonds is 4. The molecule has 2 nitrogen and oxygen atoms in total. The molecule has 0 aromatic heterocycles. The molecule has 3 heteroatoms. The Balaban J connectivity index is 3.26. The second kappa shape index (κ2) is 5.55. The molecule has 0 saturated heterocycles. The first-order valence-corrected chi connectivity index (χ1v) is 5.87. The van der Waals surface area contributed by atoms with Crippen LogP contribution in [0.25, 0.3) is 0 Å². The van der Waals surface area contributed by atoms with Gasteiger partial charge >= 0.3 is 0 Å². The predicted molar refractivity (Wildman–Crippen MR) is 67.5 cm³/mol. The topological polar surface area (TPSA) is 29.5 Å². The summed E-state index contributed by atoms with van der Waals surface area (Å²) in [5, 5.41) is 10.1. The largest absolute Gasteiger partial charge is 0.496 e. The summed E-state index contributed by atoms with van der Waals surface area (Å²) in [4.78, 5) is 0. The number of halogens is 1. The minimum absolute atomic E-state index is 0.348. The Bertz CT molecular complexity index is 359. The SMILES string of the molecule is COc1cc(Cl)cc(CC(C)O)c1C(C)C. The van der Waals surface area contributed by atoms with Crippen molar-refractivity contribution in [3.8, 4) is 5.75 Å². The van der Waals surface area contributed by atoms with Gasteiger partial charge in [-0.05, 0) is 37.0 Å². The van der Waals surface area contributed by atoms with Crippen molar-refractivity contribution in [3.05, 3.63) is 28.3 Å². The molecular weight excluding hydrogens is 224 g/mol. The van der Waals surface area contributed by atoms with E-state index in [1.807, 2.05) is 12.1 Å². The van der Waals surface area contributed by atoms with Crippen LogP contribution in [0.1, 0.15) is 37.8 Å². The zero-order valence-corrected chi connectivity index (χ0v) is 11.0. The van der Waals surface area contributed by atoms with Crippen molar-refractivity contribution in [1.82, 2.24) is 0 Å². The van der Waals surface area contributed by atoms with Crippen molar-refractivity contribution in [2.24, 2.45) is 0 Å². The molecule has 1 aromatic carbocycles. The number of benzene rings is 1. The van der Waals surface area contributed by atoms with E-state index in [9.17, 15) is 5.11 Å². The third-order valence-corrected chi connectivity index (χ3v) is 2.72. The molecule has 90 valence electrons. The van der Waals surface area contributed by atoms with Gasteiger partial charge in [-0.2, -0.15) is 0 Å². The van der Waals surface area contributed by atoms with Crippen LogP contribution in [0.5, 0.6) is 5.75 Å². The molecule has 1 rings (SSSR count). The first-order valence-electron chi connectivity index (χ1n) is 5.50. The summed E-state index contributed by atoms with van der Waals surface area (Å²) in [6.45, 7) is 5.99.